The third kappa shape index (κ3) is 5.07. The van der Waals surface area contributed by atoms with Crippen LogP contribution in [0.3, 0.4) is 0 Å². The number of piperazine rings is 1. The maximum atomic E-state index is 10.3. The molecule has 1 aromatic rings. The van der Waals surface area contributed by atoms with Gasteiger partial charge in [-0.2, -0.15) is 0 Å². The molecule has 2 rings (SSSR count). The molecule has 21 heavy (non-hydrogen) atoms. The van der Waals surface area contributed by atoms with Crippen LogP contribution >= 0.6 is 11.6 Å². The summed E-state index contributed by atoms with van der Waals surface area (Å²) in [5.41, 5.74) is 0. The number of β-amino-alcohol motifs (C(OH)–C–C–N with tert-alkyl or cyclic N) is 1. The standard InChI is InChI=1S/C14H24ClN5O/c1-11-16-13(15)8-14(17-11)19(3)9-12(21)10-20-6-4-18(2)5-7-20/h8,12,21H,4-7,9-10H2,1-3H3/t12-/m0/s1. The molecule has 0 amide bonds. The second-order valence-electron chi connectivity index (χ2n) is 5.73. The monoisotopic (exact) mass is 313 g/mol. The van der Waals surface area contributed by atoms with E-state index in [0.717, 1.165) is 32.0 Å². The van der Waals surface area contributed by atoms with Crippen molar-refractivity contribution in [1.82, 2.24) is 19.8 Å². The van der Waals surface area contributed by atoms with Crippen LogP contribution in [0, 0.1) is 6.92 Å². The van der Waals surface area contributed by atoms with E-state index >= 15 is 0 Å². The number of aliphatic hydroxyl groups excluding tert-OH is 1. The third-order valence-electron chi connectivity index (χ3n) is 3.73. The molecule has 1 aromatic heterocycles. The molecule has 1 N–H and O–H groups in total. The van der Waals surface area contributed by atoms with Crippen LogP contribution in [0.2, 0.25) is 5.15 Å². The Morgan fingerprint density at radius 1 is 1.33 bits per heavy atom. The van der Waals surface area contributed by atoms with Gasteiger partial charge in [0.05, 0.1) is 6.10 Å². The molecule has 2 heterocycles. The first-order valence-electron chi connectivity index (χ1n) is 7.25. The summed E-state index contributed by atoms with van der Waals surface area (Å²) in [6.45, 7) is 7.16. The Balaban J connectivity index is 1.85. The van der Waals surface area contributed by atoms with Crippen molar-refractivity contribution >= 4 is 17.4 Å². The first-order valence-corrected chi connectivity index (χ1v) is 7.63. The molecule has 0 saturated carbocycles. The lowest BCUT2D eigenvalue weighted by Gasteiger charge is -2.34. The maximum absolute atomic E-state index is 10.3. The number of nitrogens with zero attached hydrogens (tertiary/aromatic N) is 5. The minimum atomic E-state index is -0.410. The average molecular weight is 314 g/mol. The van der Waals surface area contributed by atoms with Gasteiger partial charge in [-0.3, -0.25) is 4.90 Å². The fourth-order valence-corrected chi connectivity index (χ4v) is 2.73. The average Bonchev–Trinajstić information content (AvgIpc) is 2.40. The normalized spacial score (nSPS) is 18.7. The van der Waals surface area contributed by atoms with Crippen LogP contribution in [0.25, 0.3) is 0 Å². The van der Waals surface area contributed by atoms with Crippen molar-refractivity contribution in [3.05, 3.63) is 17.0 Å². The molecular formula is C14H24ClN5O. The third-order valence-corrected chi connectivity index (χ3v) is 3.93. The predicted octanol–water partition coefficient (Wildman–Crippen LogP) is 0.483. The summed E-state index contributed by atoms with van der Waals surface area (Å²) in [5, 5.41) is 10.7. The maximum Gasteiger partial charge on any atom is 0.134 e. The zero-order chi connectivity index (χ0) is 15.4. The molecule has 0 bridgehead atoms. The Hall–Kier alpha value is -0.950. The van der Waals surface area contributed by atoms with Gasteiger partial charge in [0.2, 0.25) is 0 Å². The second kappa shape index (κ2) is 7.35. The van der Waals surface area contributed by atoms with Crippen molar-refractivity contribution in [1.29, 1.82) is 0 Å². The summed E-state index contributed by atoms with van der Waals surface area (Å²) < 4.78 is 0. The highest BCUT2D eigenvalue weighted by molar-refractivity contribution is 6.29. The van der Waals surface area contributed by atoms with Gasteiger partial charge < -0.3 is 14.9 Å². The van der Waals surface area contributed by atoms with Crippen LogP contribution in [-0.4, -0.2) is 84.3 Å². The van der Waals surface area contributed by atoms with Gasteiger partial charge in [-0.1, -0.05) is 11.6 Å². The number of hydrogen-bond acceptors (Lipinski definition) is 6. The van der Waals surface area contributed by atoms with Gasteiger partial charge in [0.1, 0.15) is 16.8 Å². The fraction of sp³-hybridized carbons (Fsp3) is 0.714. The summed E-state index contributed by atoms with van der Waals surface area (Å²) in [6.07, 6.45) is -0.410. The van der Waals surface area contributed by atoms with Crippen molar-refractivity contribution < 1.29 is 5.11 Å². The molecule has 0 spiro atoms. The Bertz CT molecular complexity index is 444. The van der Waals surface area contributed by atoms with E-state index in [1.54, 1.807) is 6.07 Å². The van der Waals surface area contributed by atoms with E-state index < -0.39 is 6.10 Å². The van der Waals surface area contributed by atoms with Crippen molar-refractivity contribution in [3.63, 3.8) is 0 Å². The molecule has 0 aliphatic carbocycles. The first-order chi connectivity index (χ1) is 9.94. The minimum Gasteiger partial charge on any atom is -0.390 e. The minimum absolute atomic E-state index is 0.410. The van der Waals surface area contributed by atoms with Gasteiger partial charge in [0, 0.05) is 52.4 Å². The smallest absolute Gasteiger partial charge is 0.134 e. The predicted molar refractivity (Wildman–Crippen MR) is 85.0 cm³/mol. The molecule has 0 radical (unpaired) electrons. The zero-order valence-electron chi connectivity index (χ0n) is 13.0. The highest BCUT2D eigenvalue weighted by Gasteiger charge is 2.18. The number of aliphatic hydroxyl groups is 1. The van der Waals surface area contributed by atoms with Crippen LogP contribution in [0.1, 0.15) is 5.82 Å². The van der Waals surface area contributed by atoms with Gasteiger partial charge in [0.25, 0.3) is 0 Å². The zero-order valence-corrected chi connectivity index (χ0v) is 13.7. The van der Waals surface area contributed by atoms with Gasteiger partial charge in [0.15, 0.2) is 0 Å². The van der Waals surface area contributed by atoms with Gasteiger partial charge >= 0.3 is 0 Å². The Morgan fingerprint density at radius 3 is 2.62 bits per heavy atom. The van der Waals surface area contributed by atoms with Gasteiger partial charge in [-0.25, -0.2) is 9.97 Å². The highest BCUT2D eigenvalue weighted by atomic mass is 35.5. The lowest BCUT2D eigenvalue weighted by atomic mass is 10.2. The quantitative estimate of drug-likeness (QED) is 0.798. The van der Waals surface area contributed by atoms with E-state index in [0.29, 0.717) is 24.1 Å². The van der Waals surface area contributed by atoms with Crippen molar-refractivity contribution in [2.24, 2.45) is 0 Å². The molecule has 6 nitrogen and oxygen atoms in total. The van der Waals surface area contributed by atoms with Gasteiger partial charge in [-0.15, -0.1) is 0 Å². The van der Waals surface area contributed by atoms with Crippen molar-refractivity contribution in [2.75, 3.05) is 58.3 Å². The Labute approximate surface area is 131 Å². The summed E-state index contributed by atoms with van der Waals surface area (Å²) in [7, 11) is 4.04. The van der Waals surface area contributed by atoms with E-state index in [1.165, 1.54) is 0 Å². The van der Waals surface area contributed by atoms with E-state index in [2.05, 4.69) is 26.8 Å². The SMILES string of the molecule is Cc1nc(Cl)cc(N(C)C[C@H](O)CN2CCN(C)CC2)n1. The molecular weight excluding hydrogens is 290 g/mol. The number of likely N-dealkylation sites (N-methyl/N-ethyl adjacent to an activating group) is 2. The van der Waals surface area contributed by atoms with Crippen molar-refractivity contribution in [2.45, 2.75) is 13.0 Å². The van der Waals surface area contributed by atoms with E-state index in [9.17, 15) is 5.11 Å². The number of halogens is 1. The number of aryl methyl sites for hydroxylation is 1. The molecule has 1 fully saturated rings. The largest absolute Gasteiger partial charge is 0.390 e. The number of hydrogen-bond donors (Lipinski definition) is 1. The highest BCUT2D eigenvalue weighted by Crippen LogP contribution is 2.15. The lowest BCUT2D eigenvalue weighted by molar-refractivity contribution is 0.0842. The van der Waals surface area contributed by atoms with Crippen LogP contribution in [-0.2, 0) is 0 Å². The fourth-order valence-electron chi connectivity index (χ4n) is 2.51. The molecule has 1 saturated heterocycles. The van der Waals surface area contributed by atoms with Crippen LogP contribution in [0.4, 0.5) is 5.82 Å². The molecule has 118 valence electrons. The molecule has 1 aliphatic heterocycles. The molecule has 1 atom stereocenters. The lowest BCUT2D eigenvalue weighted by Crippen LogP contribution is -2.48. The van der Waals surface area contributed by atoms with E-state index in [1.807, 2.05) is 18.9 Å². The molecule has 0 unspecified atom stereocenters. The van der Waals surface area contributed by atoms with Crippen LogP contribution in [0.15, 0.2) is 6.07 Å². The van der Waals surface area contributed by atoms with E-state index in [-0.39, 0.29) is 0 Å². The Morgan fingerprint density at radius 2 is 2.00 bits per heavy atom. The molecule has 7 heteroatoms. The van der Waals surface area contributed by atoms with Gasteiger partial charge in [-0.05, 0) is 14.0 Å². The summed E-state index contributed by atoms with van der Waals surface area (Å²) in [4.78, 5) is 14.9. The van der Waals surface area contributed by atoms with Crippen LogP contribution < -0.4 is 4.90 Å². The van der Waals surface area contributed by atoms with Crippen LogP contribution in [0.5, 0.6) is 0 Å². The second-order valence-corrected chi connectivity index (χ2v) is 6.12. The summed E-state index contributed by atoms with van der Waals surface area (Å²) >= 11 is 5.95. The number of rotatable bonds is 5. The number of anilines is 1. The van der Waals surface area contributed by atoms with E-state index in [4.69, 9.17) is 11.6 Å². The molecule has 0 aromatic carbocycles. The first kappa shape index (κ1) is 16.4. The number of aromatic nitrogens is 2. The molecule has 1 aliphatic rings. The summed E-state index contributed by atoms with van der Waals surface area (Å²) in [5.74, 6) is 1.38. The topological polar surface area (TPSA) is 55.7 Å². The Kier molecular flexibility index (Phi) is 5.75. The summed E-state index contributed by atoms with van der Waals surface area (Å²) in [6, 6.07) is 1.72. The van der Waals surface area contributed by atoms with Crippen molar-refractivity contribution in [3.8, 4) is 0 Å².